The summed E-state index contributed by atoms with van der Waals surface area (Å²) in [6.07, 6.45) is 1.87. The summed E-state index contributed by atoms with van der Waals surface area (Å²) in [5.74, 6) is 1.07. The van der Waals surface area contributed by atoms with Gasteiger partial charge in [0.1, 0.15) is 9.84 Å². The summed E-state index contributed by atoms with van der Waals surface area (Å²) in [7, 11) is -1.12. The van der Waals surface area contributed by atoms with Gasteiger partial charge in [-0.1, -0.05) is 30.3 Å². The molecule has 25 heavy (non-hydrogen) atoms. The van der Waals surface area contributed by atoms with Crippen molar-refractivity contribution in [3.63, 3.8) is 0 Å². The van der Waals surface area contributed by atoms with E-state index in [-0.39, 0.29) is 29.7 Å². The zero-order valence-electron chi connectivity index (χ0n) is 15.0. The largest absolute Gasteiger partial charge is 0.356 e. The van der Waals surface area contributed by atoms with Crippen molar-refractivity contribution in [2.45, 2.75) is 13.0 Å². The monoisotopic (exact) mass is 480 g/mol. The van der Waals surface area contributed by atoms with E-state index in [1.165, 1.54) is 11.8 Å². The minimum Gasteiger partial charge on any atom is -0.356 e. The molecule has 1 heterocycles. The van der Waals surface area contributed by atoms with Crippen LogP contribution in [-0.4, -0.2) is 76.0 Å². The highest BCUT2D eigenvalue weighted by atomic mass is 127. The van der Waals surface area contributed by atoms with E-state index in [0.717, 1.165) is 38.7 Å². The third kappa shape index (κ3) is 8.37. The van der Waals surface area contributed by atoms with Gasteiger partial charge in [0.05, 0.1) is 5.75 Å². The van der Waals surface area contributed by atoms with Gasteiger partial charge in [0, 0.05) is 52.6 Å². The van der Waals surface area contributed by atoms with Gasteiger partial charge in [-0.2, -0.15) is 0 Å². The summed E-state index contributed by atoms with van der Waals surface area (Å²) < 4.78 is 22.3. The van der Waals surface area contributed by atoms with Crippen LogP contribution in [0.4, 0.5) is 0 Å². The highest BCUT2D eigenvalue weighted by Crippen LogP contribution is 2.08. The number of hydrogen-bond acceptors (Lipinski definition) is 4. The quantitative estimate of drug-likeness (QED) is 0.289. The van der Waals surface area contributed by atoms with Gasteiger partial charge in [-0.25, -0.2) is 8.42 Å². The maximum atomic E-state index is 11.2. The van der Waals surface area contributed by atoms with Gasteiger partial charge >= 0.3 is 0 Å². The molecule has 0 aliphatic carbocycles. The molecule has 0 unspecified atom stereocenters. The zero-order valence-corrected chi connectivity index (χ0v) is 18.2. The van der Waals surface area contributed by atoms with Crippen molar-refractivity contribution in [1.82, 2.24) is 15.1 Å². The van der Waals surface area contributed by atoms with Crippen molar-refractivity contribution in [1.29, 1.82) is 0 Å². The molecule has 0 amide bonds. The molecule has 1 aromatic rings. The van der Waals surface area contributed by atoms with Crippen LogP contribution in [-0.2, 0) is 16.4 Å². The topological polar surface area (TPSA) is 65.0 Å². The first-order valence-electron chi connectivity index (χ1n) is 8.37. The average Bonchev–Trinajstić information content (AvgIpc) is 2.56. The summed E-state index contributed by atoms with van der Waals surface area (Å²) in [5.41, 5.74) is 1.34. The fourth-order valence-electron chi connectivity index (χ4n) is 2.83. The predicted molar refractivity (Wildman–Crippen MR) is 114 cm³/mol. The van der Waals surface area contributed by atoms with E-state index >= 15 is 0 Å². The maximum Gasteiger partial charge on any atom is 0.193 e. The van der Waals surface area contributed by atoms with Crippen LogP contribution in [0.25, 0.3) is 0 Å². The molecule has 0 bridgehead atoms. The molecule has 1 aliphatic heterocycles. The lowest BCUT2D eigenvalue weighted by molar-refractivity contribution is 0.172. The number of guanidine groups is 1. The van der Waals surface area contributed by atoms with Crippen LogP contribution in [0.1, 0.15) is 12.0 Å². The van der Waals surface area contributed by atoms with Gasteiger partial charge in [-0.3, -0.25) is 9.89 Å². The lowest BCUT2D eigenvalue weighted by Gasteiger charge is -2.36. The van der Waals surface area contributed by atoms with Gasteiger partial charge in [0.25, 0.3) is 0 Å². The van der Waals surface area contributed by atoms with E-state index < -0.39 is 9.84 Å². The minimum absolute atomic E-state index is 0. The maximum absolute atomic E-state index is 11.2. The Labute approximate surface area is 168 Å². The smallest absolute Gasteiger partial charge is 0.193 e. The van der Waals surface area contributed by atoms with Crippen molar-refractivity contribution in [3.8, 4) is 0 Å². The number of halogens is 1. The molecule has 2 rings (SSSR count). The first-order valence-corrected chi connectivity index (χ1v) is 10.4. The Morgan fingerprint density at radius 2 is 1.80 bits per heavy atom. The van der Waals surface area contributed by atoms with E-state index in [2.05, 4.69) is 44.4 Å². The SMILES string of the molecule is CN=C(NCCCS(C)(=O)=O)N1CCN(Cc2ccccc2)CC1.I. The summed E-state index contributed by atoms with van der Waals surface area (Å²) in [6.45, 7) is 5.47. The van der Waals surface area contributed by atoms with Crippen molar-refractivity contribution < 1.29 is 8.42 Å². The van der Waals surface area contributed by atoms with Crippen molar-refractivity contribution in [3.05, 3.63) is 35.9 Å². The van der Waals surface area contributed by atoms with E-state index in [9.17, 15) is 8.42 Å². The van der Waals surface area contributed by atoms with E-state index in [4.69, 9.17) is 0 Å². The number of nitrogens with one attached hydrogen (secondary N) is 1. The second-order valence-electron chi connectivity index (χ2n) is 6.21. The molecule has 6 nitrogen and oxygen atoms in total. The van der Waals surface area contributed by atoms with Crippen LogP contribution in [0, 0.1) is 0 Å². The van der Waals surface area contributed by atoms with Crippen LogP contribution < -0.4 is 5.32 Å². The van der Waals surface area contributed by atoms with Crippen LogP contribution in [0.5, 0.6) is 0 Å². The fraction of sp³-hybridized carbons (Fsp3) is 0.588. The summed E-state index contributed by atoms with van der Waals surface area (Å²) in [4.78, 5) is 9.00. The fourth-order valence-corrected chi connectivity index (χ4v) is 3.49. The van der Waals surface area contributed by atoms with Crippen molar-refractivity contribution >= 4 is 39.8 Å². The summed E-state index contributed by atoms with van der Waals surface area (Å²) in [5, 5.41) is 3.27. The highest BCUT2D eigenvalue weighted by molar-refractivity contribution is 14.0. The Hall–Kier alpha value is -0.870. The molecule has 1 aliphatic rings. The standard InChI is InChI=1S/C17H28N4O2S.HI/c1-18-17(19-9-6-14-24(2,22)23)21-12-10-20(11-13-21)15-16-7-4-3-5-8-16;/h3-5,7-8H,6,9-15H2,1-2H3,(H,18,19);1H. The Kier molecular flexibility index (Phi) is 9.73. The Morgan fingerprint density at radius 3 is 2.36 bits per heavy atom. The van der Waals surface area contributed by atoms with Gasteiger partial charge in [-0.05, 0) is 12.0 Å². The van der Waals surface area contributed by atoms with Crippen LogP contribution in [0.15, 0.2) is 35.3 Å². The van der Waals surface area contributed by atoms with Crippen LogP contribution >= 0.6 is 24.0 Å². The predicted octanol–water partition coefficient (Wildman–Crippen LogP) is 1.43. The van der Waals surface area contributed by atoms with Crippen molar-refractivity contribution in [2.24, 2.45) is 4.99 Å². The summed E-state index contributed by atoms with van der Waals surface area (Å²) >= 11 is 0. The number of benzene rings is 1. The van der Waals surface area contributed by atoms with Crippen LogP contribution in [0.2, 0.25) is 0 Å². The number of piperazine rings is 1. The molecule has 0 radical (unpaired) electrons. The molecule has 1 N–H and O–H groups in total. The second-order valence-corrected chi connectivity index (χ2v) is 8.47. The van der Waals surface area contributed by atoms with Gasteiger partial charge in [0.15, 0.2) is 5.96 Å². The molecular weight excluding hydrogens is 451 g/mol. The number of nitrogens with zero attached hydrogens (tertiary/aromatic N) is 3. The summed E-state index contributed by atoms with van der Waals surface area (Å²) in [6, 6.07) is 10.5. The third-order valence-corrected chi connectivity index (χ3v) is 5.14. The lowest BCUT2D eigenvalue weighted by atomic mass is 10.2. The van der Waals surface area contributed by atoms with Crippen molar-refractivity contribution in [2.75, 3.05) is 51.8 Å². The number of aliphatic imine (C=N–C) groups is 1. The molecule has 8 heteroatoms. The third-order valence-electron chi connectivity index (χ3n) is 4.11. The normalized spacial score (nSPS) is 16.4. The Bertz CT molecular complexity index is 629. The Morgan fingerprint density at radius 1 is 1.16 bits per heavy atom. The average molecular weight is 480 g/mol. The van der Waals surface area contributed by atoms with E-state index in [1.54, 1.807) is 7.05 Å². The number of rotatable bonds is 6. The molecule has 0 atom stereocenters. The number of hydrogen-bond donors (Lipinski definition) is 1. The van der Waals surface area contributed by atoms with Gasteiger partial charge in [0.2, 0.25) is 0 Å². The molecule has 1 fully saturated rings. The zero-order chi connectivity index (χ0) is 17.4. The minimum atomic E-state index is -2.89. The van der Waals surface area contributed by atoms with E-state index in [1.807, 2.05) is 6.07 Å². The molecule has 0 saturated carbocycles. The van der Waals surface area contributed by atoms with E-state index in [0.29, 0.717) is 13.0 Å². The lowest BCUT2D eigenvalue weighted by Crippen LogP contribution is -2.52. The highest BCUT2D eigenvalue weighted by Gasteiger charge is 2.19. The first-order chi connectivity index (χ1) is 11.5. The van der Waals surface area contributed by atoms with Gasteiger partial charge in [-0.15, -0.1) is 24.0 Å². The second kappa shape index (κ2) is 11.0. The van der Waals surface area contributed by atoms with Gasteiger partial charge < -0.3 is 10.2 Å². The molecule has 0 spiro atoms. The molecule has 1 aromatic carbocycles. The van der Waals surface area contributed by atoms with Crippen LogP contribution in [0.3, 0.4) is 0 Å². The Balaban J connectivity index is 0.00000312. The molecule has 142 valence electrons. The molecule has 1 saturated heterocycles. The number of sulfone groups is 1. The molecular formula is C17H29IN4O2S. The first kappa shape index (κ1) is 22.2. The molecule has 0 aromatic heterocycles.